The van der Waals surface area contributed by atoms with Crippen LogP contribution in [0.5, 0.6) is 0 Å². The zero-order chi connectivity index (χ0) is 14.5. The summed E-state index contributed by atoms with van der Waals surface area (Å²) in [6.07, 6.45) is 6.58. The lowest BCUT2D eigenvalue weighted by Crippen LogP contribution is -2.37. The molecule has 2 aliphatic carbocycles. The van der Waals surface area contributed by atoms with Gasteiger partial charge < -0.3 is 5.32 Å². The van der Waals surface area contributed by atoms with Gasteiger partial charge in [-0.1, -0.05) is 27.7 Å². The lowest BCUT2D eigenvalue weighted by molar-refractivity contribution is 0.212. The van der Waals surface area contributed by atoms with Crippen molar-refractivity contribution in [3.8, 4) is 0 Å². The fourth-order valence-electron chi connectivity index (χ4n) is 4.34. The first-order chi connectivity index (χ1) is 9.38. The fourth-order valence-corrected chi connectivity index (χ4v) is 4.34. The Morgan fingerprint density at radius 3 is 2.45 bits per heavy atom. The van der Waals surface area contributed by atoms with Crippen molar-refractivity contribution in [1.29, 1.82) is 0 Å². The molecule has 0 radical (unpaired) electrons. The number of anilines is 1. The topological polar surface area (TPSA) is 12.0 Å². The Bertz CT molecular complexity index is 525. The molecule has 0 amide bonds. The van der Waals surface area contributed by atoms with Crippen LogP contribution in [0.4, 0.5) is 5.69 Å². The first-order valence-electron chi connectivity index (χ1n) is 8.23. The Kier molecular flexibility index (Phi) is 3.15. The third-order valence-corrected chi connectivity index (χ3v) is 5.54. The Labute approximate surface area is 124 Å². The van der Waals surface area contributed by atoms with Gasteiger partial charge in [-0.2, -0.15) is 0 Å². The van der Waals surface area contributed by atoms with Crippen LogP contribution in [-0.2, 0) is 11.8 Å². The monoisotopic (exact) mass is 271 g/mol. The van der Waals surface area contributed by atoms with Crippen molar-refractivity contribution in [1.82, 2.24) is 0 Å². The molecule has 110 valence electrons. The average Bonchev–Trinajstić information content (AvgIpc) is 3.21. The van der Waals surface area contributed by atoms with Crippen molar-refractivity contribution in [3.05, 3.63) is 28.8 Å². The predicted octanol–water partition coefficient (Wildman–Crippen LogP) is 5.25. The van der Waals surface area contributed by atoms with Crippen molar-refractivity contribution in [2.24, 2.45) is 5.41 Å². The number of hydrogen-bond donors (Lipinski definition) is 1. The van der Waals surface area contributed by atoms with E-state index in [1.165, 1.54) is 37.8 Å². The van der Waals surface area contributed by atoms with Crippen LogP contribution in [0.25, 0.3) is 0 Å². The average molecular weight is 271 g/mol. The van der Waals surface area contributed by atoms with Crippen molar-refractivity contribution >= 4 is 5.69 Å². The maximum absolute atomic E-state index is 3.38. The Morgan fingerprint density at radius 1 is 1.20 bits per heavy atom. The van der Waals surface area contributed by atoms with Gasteiger partial charge in [0.05, 0.1) is 0 Å². The molecule has 1 nitrogen and oxygen atoms in total. The summed E-state index contributed by atoms with van der Waals surface area (Å²) in [6, 6.07) is 4.86. The zero-order valence-electron chi connectivity index (χ0n) is 13.8. The minimum absolute atomic E-state index is 0.341. The number of fused-ring (bicyclic) bond motifs is 1. The minimum Gasteiger partial charge on any atom is -0.388 e. The molecular weight excluding hydrogens is 242 g/mol. The molecule has 0 bridgehead atoms. The zero-order valence-corrected chi connectivity index (χ0v) is 13.8. The van der Waals surface area contributed by atoms with Gasteiger partial charge in [-0.15, -0.1) is 0 Å². The Balaban J connectivity index is 2.20. The van der Waals surface area contributed by atoms with E-state index in [0.717, 1.165) is 5.92 Å². The normalized spacial score (nSPS) is 28.1. The standard InChI is InChI=1S/C19H29N/c1-6-19(4)12-18(2,3)11-16-15(13-7-8-13)9-14(20-5)10-17(16)19/h9-10,13,20H,6-8,11-12H2,1-5H3. The third-order valence-electron chi connectivity index (χ3n) is 5.54. The van der Waals surface area contributed by atoms with E-state index in [0.29, 0.717) is 10.8 Å². The van der Waals surface area contributed by atoms with Crippen LogP contribution in [0.3, 0.4) is 0 Å². The summed E-state index contributed by atoms with van der Waals surface area (Å²) in [4.78, 5) is 0. The molecule has 1 atom stereocenters. The molecule has 0 aliphatic heterocycles. The lowest BCUT2D eigenvalue weighted by Gasteiger charge is -2.45. The molecule has 1 aromatic rings. The first kappa shape index (κ1) is 14.0. The second kappa shape index (κ2) is 4.51. The summed E-state index contributed by atoms with van der Waals surface area (Å²) >= 11 is 0. The van der Waals surface area contributed by atoms with E-state index in [2.05, 4.69) is 52.2 Å². The lowest BCUT2D eigenvalue weighted by atomic mass is 9.60. The maximum Gasteiger partial charge on any atom is 0.0343 e. The third kappa shape index (κ3) is 2.25. The van der Waals surface area contributed by atoms with Gasteiger partial charge in [0.25, 0.3) is 0 Å². The van der Waals surface area contributed by atoms with Crippen LogP contribution in [-0.4, -0.2) is 7.05 Å². The molecule has 0 saturated heterocycles. The summed E-state index contributed by atoms with van der Waals surface area (Å²) in [5.74, 6) is 0.840. The van der Waals surface area contributed by atoms with E-state index in [9.17, 15) is 0 Å². The van der Waals surface area contributed by atoms with E-state index in [4.69, 9.17) is 0 Å². The van der Waals surface area contributed by atoms with Gasteiger partial charge in [0.1, 0.15) is 0 Å². The Hall–Kier alpha value is -0.980. The van der Waals surface area contributed by atoms with Crippen LogP contribution in [0.15, 0.2) is 12.1 Å². The molecule has 1 fully saturated rings. The summed E-state index contributed by atoms with van der Waals surface area (Å²) in [6.45, 7) is 9.73. The highest BCUT2D eigenvalue weighted by Crippen LogP contribution is 2.53. The molecule has 1 saturated carbocycles. The van der Waals surface area contributed by atoms with Crippen LogP contribution in [0.2, 0.25) is 0 Å². The van der Waals surface area contributed by atoms with Crippen molar-refractivity contribution in [3.63, 3.8) is 0 Å². The maximum atomic E-state index is 3.38. The molecule has 2 aliphatic rings. The van der Waals surface area contributed by atoms with Gasteiger partial charge in [-0.3, -0.25) is 0 Å². The van der Waals surface area contributed by atoms with Crippen LogP contribution < -0.4 is 5.32 Å². The number of rotatable bonds is 3. The smallest absolute Gasteiger partial charge is 0.0343 e. The molecule has 0 heterocycles. The largest absolute Gasteiger partial charge is 0.388 e. The summed E-state index contributed by atoms with van der Waals surface area (Å²) in [5, 5.41) is 3.38. The van der Waals surface area contributed by atoms with Crippen molar-refractivity contribution in [2.45, 2.75) is 71.1 Å². The predicted molar refractivity (Wildman–Crippen MR) is 87.7 cm³/mol. The fraction of sp³-hybridized carbons (Fsp3) is 0.684. The molecule has 1 N–H and O–H groups in total. The highest BCUT2D eigenvalue weighted by Gasteiger charge is 2.42. The van der Waals surface area contributed by atoms with Gasteiger partial charge in [0, 0.05) is 12.7 Å². The summed E-state index contributed by atoms with van der Waals surface area (Å²) in [5.41, 5.74) is 7.06. The van der Waals surface area contributed by atoms with Crippen LogP contribution in [0.1, 0.15) is 76.0 Å². The van der Waals surface area contributed by atoms with E-state index in [-0.39, 0.29) is 0 Å². The Morgan fingerprint density at radius 2 is 1.90 bits per heavy atom. The quantitative estimate of drug-likeness (QED) is 0.792. The molecule has 20 heavy (non-hydrogen) atoms. The van der Waals surface area contributed by atoms with E-state index in [1.807, 2.05) is 0 Å². The summed E-state index contributed by atoms with van der Waals surface area (Å²) in [7, 11) is 2.05. The highest BCUT2D eigenvalue weighted by atomic mass is 14.8. The van der Waals surface area contributed by atoms with Crippen molar-refractivity contribution in [2.75, 3.05) is 12.4 Å². The van der Waals surface area contributed by atoms with Gasteiger partial charge >= 0.3 is 0 Å². The molecule has 1 aromatic carbocycles. The van der Waals surface area contributed by atoms with E-state index >= 15 is 0 Å². The van der Waals surface area contributed by atoms with Crippen molar-refractivity contribution < 1.29 is 0 Å². The van der Waals surface area contributed by atoms with Gasteiger partial charge in [0.2, 0.25) is 0 Å². The molecule has 0 spiro atoms. The molecule has 1 heteroatoms. The number of nitrogens with one attached hydrogen (secondary N) is 1. The second-order valence-corrected chi connectivity index (χ2v) is 8.05. The van der Waals surface area contributed by atoms with Gasteiger partial charge in [-0.05, 0) is 77.7 Å². The van der Waals surface area contributed by atoms with Crippen LogP contribution >= 0.6 is 0 Å². The number of benzene rings is 1. The molecule has 3 rings (SSSR count). The van der Waals surface area contributed by atoms with Gasteiger partial charge in [0.15, 0.2) is 0 Å². The minimum atomic E-state index is 0.341. The summed E-state index contributed by atoms with van der Waals surface area (Å²) < 4.78 is 0. The van der Waals surface area contributed by atoms with E-state index in [1.54, 1.807) is 16.7 Å². The molecule has 1 unspecified atom stereocenters. The molecular formula is C19H29N. The molecule has 0 aromatic heterocycles. The number of hydrogen-bond acceptors (Lipinski definition) is 1. The highest BCUT2D eigenvalue weighted by molar-refractivity contribution is 5.57. The SMILES string of the molecule is CCC1(C)CC(C)(C)Cc2c(C3CC3)cc(NC)cc21. The van der Waals surface area contributed by atoms with Crippen LogP contribution in [0, 0.1) is 5.41 Å². The van der Waals surface area contributed by atoms with Gasteiger partial charge in [-0.25, -0.2) is 0 Å². The van der Waals surface area contributed by atoms with E-state index < -0.39 is 0 Å². The first-order valence-corrected chi connectivity index (χ1v) is 8.23. The second-order valence-electron chi connectivity index (χ2n) is 8.05.